The normalized spacial score (nSPS) is 26.9. The average molecular weight is 444 g/mol. The number of esters is 2. The average Bonchev–Trinajstić information content (AvgIpc) is 3.27. The third-order valence-corrected chi connectivity index (χ3v) is 7.55. The number of carbonyl (C=O) groups excluding carboxylic acids is 3. The summed E-state index contributed by atoms with van der Waals surface area (Å²) < 4.78 is 10.8. The maximum absolute atomic E-state index is 13.6. The van der Waals surface area contributed by atoms with E-state index in [4.69, 9.17) is 9.47 Å². The van der Waals surface area contributed by atoms with Gasteiger partial charge in [-0.1, -0.05) is 19.4 Å². The van der Waals surface area contributed by atoms with Gasteiger partial charge in [0.2, 0.25) is 0 Å². The van der Waals surface area contributed by atoms with Crippen LogP contribution < -0.4 is 5.32 Å². The van der Waals surface area contributed by atoms with E-state index in [1.807, 2.05) is 31.4 Å². The Kier molecular flexibility index (Phi) is 6.32. The Morgan fingerprint density at radius 3 is 2.58 bits per heavy atom. The van der Waals surface area contributed by atoms with Crippen molar-refractivity contribution in [3.8, 4) is 0 Å². The van der Waals surface area contributed by atoms with Gasteiger partial charge in [0, 0.05) is 21.8 Å². The Balaban J connectivity index is 1.73. The molecule has 0 radical (unpaired) electrons. The number of methoxy groups -OCH3 is 1. The van der Waals surface area contributed by atoms with Crippen LogP contribution in [0.5, 0.6) is 0 Å². The zero-order valence-electron chi connectivity index (χ0n) is 18.2. The molecule has 1 saturated carbocycles. The van der Waals surface area contributed by atoms with Crippen molar-refractivity contribution in [3.63, 3.8) is 0 Å². The first-order chi connectivity index (χ1) is 14.9. The van der Waals surface area contributed by atoms with E-state index in [0.717, 1.165) is 42.0 Å². The Morgan fingerprint density at radius 2 is 1.94 bits per heavy atom. The Morgan fingerprint density at radius 1 is 1.19 bits per heavy atom. The second kappa shape index (κ2) is 8.99. The monoisotopic (exact) mass is 443 g/mol. The van der Waals surface area contributed by atoms with Crippen LogP contribution in [0.2, 0.25) is 0 Å². The van der Waals surface area contributed by atoms with Crippen LogP contribution in [-0.2, 0) is 23.9 Å². The molecule has 2 heterocycles. The lowest BCUT2D eigenvalue weighted by atomic mass is 9.70. The summed E-state index contributed by atoms with van der Waals surface area (Å²) in [5.74, 6) is -2.73. The first-order valence-corrected chi connectivity index (χ1v) is 11.9. The van der Waals surface area contributed by atoms with Crippen LogP contribution >= 0.6 is 11.3 Å². The van der Waals surface area contributed by atoms with Crippen molar-refractivity contribution in [2.24, 2.45) is 11.8 Å². The van der Waals surface area contributed by atoms with Gasteiger partial charge in [0.15, 0.2) is 5.78 Å². The highest BCUT2D eigenvalue weighted by Gasteiger charge is 2.47. The van der Waals surface area contributed by atoms with Gasteiger partial charge in [-0.05, 0) is 56.4 Å². The van der Waals surface area contributed by atoms with Crippen LogP contribution in [0.15, 0.2) is 40.1 Å². The van der Waals surface area contributed by atoms with Crippen molar-refractivity contribution < 1.29 is 23.9 Å². The number of ketones is 1. The summed E-state index contributed by atoms with van der Waals surface area (Å²) in [6, 6.07) is 3.85. The van der Waals surface area contributed by atoms with E-state index in [2.05, 4.69) is 5.32 Å². The van der Waals surface area contributed by atoms with Gasteiger partial charge >= 0.3 is 11.9 Å². The number of hydrogen-bond donors (Lipinski definition) is 1. The third-order valence-electron chi connectivity index (χ3n) is 6.62. The molecule has 166 valence electrons. The second-order valence-corrected chi connectivity index (χ2v) is 9.70. The summed E-state index contributed by atoms with van der Waals surface area (Å²) in [5.41, 5.74) is 2.48. The van der Waals surface area contributed by atoms with Crippen molar-refractivity contribution in [2.45, 2.75) is 64.4 Å². The van der Waals surface area contributed by atoms with E-state index in [-0.39, 0.29) is 23.8 Å². The number of Topliss-reactive ketones (excluding diaryl/α,β-unsaturated/α-hetero) is 1. The lowest BCUT2D eigenvalue weighted by Gasteiger charge is -2.38. The van der Waals surface area contributed by atoms with Crippen molar-refractivity contribution in [1.29, 1.82) is 0 Å². The van der Waals surface area contributed by atoms with Crippen LogP contribution in [0.1, 0.15) is 63.2 Å². The van der Waals surface area contributed by atoms with E-state index in [0.29, 0.717) is 17.6 Å². The highest BCUT2D eigenvalue weighted by atomic mass is 32.1. The number of nitrogens with one attached hydrogen (secondary N) is 1. The van der Waals surface area contributed by atoms with Crippen molar-refractivity contribution in [3.05, 3.63) is 44.9 Å². The molecule has 1 aromatic heterocycles. The fraction of sp³-hybridized carbons (Fsp3) is 0.542. The molecule has 7 heteroatoms. The molecule has 0 unspecified atom stereocenters. The molecule has 0 saturated heterocycles. The van der Waals surface area contributed by atoms with Gasteiger partial charge in [0.25, 0.3) is 0 Å². The standard InChI is InChI=1S/C24H29NO5S/c1-13-12-16-20(22(26)18(13)23(27)29-3)21(17-10-7-11-31-17)19(14(2)25-16)24(28)30-15-8-5-4-6-9-15/h7,10-11,13,15,18,21,25H,4-6,8-9,12H2,1-3H3/t13-,18-,21-/m1/s1. The maximum atomic E-state index is 13.6. The fourth-order valence-corrected chi connectivity index (χ4v) is 5.93. The van der Waals surface area contributed by atoms with Gasteiger partial charge in [-0.2, -0.15) is 0 Å². The number of hydrogen-bond acceptors (Lipinski definition) is 7. The molecule has 3 aliphatic rings. The van der Waals surface area contributed by atoms with Crippen molar-refractivity contribution >= 4 is 29.1 Å². The van der Waals surface area contributed by atoms with E-state index >= 15 is 0 Å². The summed E-state index contributed by atoms with van der Waals surface area (Å²) in [6.07, 6.45) is 5.53. The molecule has 0 amide bonds. The molecule has 31 heavy (non-hydrogen) atoms. The molecule has 1 aromatic rings. The predicted octanol–water partition coefficient (Wildman–Crippen LogP) is 4.24. The van der Waals surface area contributed by atoms with E-state index in [9.17, 15) is 14.4 Å². The summed E-state index contributed by atoms with van der Waals surface area (Å²) in [7, 11) is 1.30. The minimum absolute atomic E-state index is 0.0780. The second-order valence-electron chi connectivity index (χ2n) is 8.72. The lowest BCUT2D eigenvalue weighted by Crippen LogP contribution is -2.43. The van der Waals surface area contributed by atoms with Gasteiger partial charge in [-0.3, -0.25) is 9.59 Å². The molecule has 2 aliphatic carbocycles. The largest absolute Gasteiger partial charge is 0.468 e. The number of rotatable bonds is 4. The molecule has 6 nitrogen and oxygen atoms in total. The topological polar surface area (TPSA) is 81.7 Å². The van der Waals surface area contributed by atoms with Crippen LogP contribution in [0, 0.1) is 11.8 Å². The molecule has 1 fully saturated rings. The summed E-state index contributed by atoms with van der Waals surface area (Å²) >= 11 is 1.50. The van der Waals surface area contributed by atoms with Gasteiger partial charge in [-0.25, -0.2) is 4.79 Å². The zero-order valence-corrected chi connectivity index (χ0v) is 19.1. The number of allylic oxidation sites excluding steroid dienone is 3. The highest BCUT2D eigenvalue weighted by molar-refractivity contribution is 7.10. The zero-order chi connectivity index (χ0) is 22.1. The summed E-state index contributed by atoms with van der Waals surface area (Å²) in [6.45, 7) is 3.75. The van der Waals surface area contributed by atoms with E-state index in [1.165, 1.54) is 24.9 Å². The molecule has 1 N–H and O–H groups in total. The smallest absolute Gasteiger partial charge is 0.337 e. The number of thiophene rings is 1. The third kappa shape index (κ3) is 4.07. The molecule has 0 spiro atoms. The molecule has 3 atom stereocenters. The van der Waals surface area contributed by atoms with Crippen molar-refractivity contribution in [2.75, 3.05) is 7.11 Å². The SMILES string of the molecule is COC(=O)[C@H]1C(=O)C2=C(C[C@H]1C)NC(C)=C(C(=O)OC1CCCCC1)[C@H]2c1cccs1. The van der Waals surface area contributed by atoms with Crippen LogP contribution in [0.25, 0.3) is 0 Å². The predicted molar refractivity (Wildman–Crippen MR) is 117 cm³/mol. The van der Waals surface area contributed by atoms with Crippen LogP contribution in [0.4, 0.5) is 0 Å². The Hall–Kier alpha value is -2.41. The minimum Gasteiger partial charge on any atom is -0.468 e. The molecule has 0 bridgehead atoms. The highest BCUT2D eigenvalue weighted by Crippen LogP contribution is 2.46. The number of carbonyl (C=O) groups is 3. The van der Waals surface area contributed by atoms with Gasteiger partial charge in [-0.15, -0.1) is 11.3 Å². The summed E-state index contributed by atoms with van der Waals surface area (Å²) in [4.78, 5) is 40.2. The quantitative estimate of drug-likeness (QED) is 0.554. The Bertz CT molecular complexity index is 939. The first-order valence-electron chi connectivity index (χ1n) is 11.0. The first kappa shape index (κ1) is 21.8. The van der Waals surface area contributed by atoms with Crippen molar-refractivity contribution in [1.82, 2.24) is 5.32 Å². The molecule has 1 aliphatic heterocycles. The number of dihydropyridines is 1. The lowest BCUT2D eigenvalue weighted by molar-refractivity contribution is -0.151. The fourth-order valence-electron chi connectivity index (χ4n) is 5.09. The van der Waals surface area contributed by atoms with Crippen LogP contribution in [0.3, 0.4) is 0 Å². The van der Waals surface area contributed by atoms with Gasteiger partial charge in [0.05, 0.1) is 18.6 Å². The van der Waals surface area contributed by atoms with Gasteiger partial charge < -0.3 is 14.8 Å². The van der Waals surface area contributed by atoms with E-state index in [1.54, 1.807) is 0 Å². The molecule has 0 aromatic carbocycles. The molecule has 4 rings (SSSR count). The molecular weight excluding hydrogens is 414 g/mol. The summed E-state index contributed by atoms with van der Waals surface area (Å²) in [5, 5.41) is 5.24. The molecular formula is C24H29NO5S. The van der Waals surface area contributed by atoms with Gasteiger partial charge in [0.1, 0.15) is 12.0 Å². The van der Waals surface area contributed by atoms with Crippen LogP contribution in [-0.4, -0.2) is 30.9 Å². The number of ether oxygens (including phenoxy) is 2. The minimum atomic E-state index is -0.859. The van der Waals surface area contributed by atoms with E-state index < -0.39 is 17.8 Å². The Labute approximate surface area is 186 Å². The maximum Gasteiger partial charge on any atom is 0.337 e.